The van der Waals surface area contributed by atoms with E-state index in [-0.39, 0.29) is 10.6 Å². The first kappa shape index (κ1) is 8.72. The molecule has 0 fully saturated rings. The standard InChI is InChI=1S/C8H4BrClN2O/c9-4-1-2-5-6(3-4)11-12-8(10)7(5)13/h1-3H,(H,11,13). The fourth-order valence-corrected chi connectivity index (χ4v) is 1.58. The lowest BCUT2D eigenvalue weighted by atomic mass is 10.2. The second kappa shape index (κ2) is 3.12. The molecule has 2 rings (SSSR count). The second-order valence-corrected chi connectivity index (χ2v) is 3.81. The topological polar surface area (TPSA) is 45.8 Å². The average molecular weight is 259 g/mol. The maximum Gasteiger partial charge on any atom is 0.226 e. The number of hydrogen-bond donors (Lipinski definition) is 1. The van der Waals surface area contributed by atoms with Crippen molar-refractivity contribution in [3.05, 3.63) is 38.0 Å². The molecule has 0 bridgehead atoms. The van der Waals surface area contributed by atoms with Crippen LogP contribution in [0.3, 0.4) is 0 Å². The van der Waals surface area contributed by atoms with Crippen molar-refractivity contribution in [1.29, 1.82) is 0 Å². The summed E-state index contributed by atoms with van der Waals surface area (Å²) in [6.07, 6.45) is 0. The first-order chi connectivity index (χ1) is 6.18. The molecule has 1 aromatic carbocycles. The van der Waals surface area contributed by atoms with Gasteiger partial charge in [0.25, 0.3) is 0 Å². The Kier molecular flexibility index (Phi) is 2.09. The van der Waals surface area contributed by atoms with Crippen molar-refractivity contribution in [2.24, 2.45) is 0 Å². The quantitative estimate of drug-likeness (QED) is 0.789. The Morgan fingerprint density at radius 2 is 2.23 bits per heavy atom. The lowest BCUT2D eigenvalue weighted by Crippen LogP contribution is -2.05. The number of nitrogens with one attached hydrogen (secondary N) is 1. The molecule has 0 aliphatic rings. The SMILES string of the molecule is O=c1c(Cl)n[nH]c2cc(Br)ccc12. The molecule has 1 N–H and O–H groups in total. The molecule has 13 heavy (non-hydrogen) atoms. The van der Waals surface area contributed by atoms with Gasteiger partial charge in [-0.15, -0.1) is 0 Å². The van der Waals surface area contributed by atoms with Crippen LogP contribution in [0, 0.1) is 0 Å². The molecule has 0 aliphatic carbocycles. The molecule has 0 radical (unpaired) electrons. The molecule has 0 atom stereocenters. The maximum absolute atomic E-state index is 11.4. The molecule has 0 amide bonds. The first-order valence-corrected chi connectivity index (χ1v) is 4.69. The minimum Gasteiger partial charge on any atom is -0.286 e. The first-order valence-electron chi connectivity index (χ1n) is 3.52. The molecular weight excluding hydrogens is 255 g/mol. The van der Waals surface area contributed by atoms with E-state index in [0.717, 1.165) is 4.47 Å². The van der Waals surface area contributed by atoms with Gasteiger partial charge in [-0.3, -0.25) is 9.89 Å². The molecule has 1 heterocycles. The van der Waals surface area contributed by atoms with E-state index in [4.69, 9.17) is 11.6 Å². The van der Waals surface area contributed by atoms with Crippen LogP contribution in [-0.4, -0.2) is 10.2 Å². The van der Waals surface area contributed by atoms with Crippen molar-refractivity contribution >= 4 is 38.4 Å². The number of hydrogen-bond acceptors (Lipinski definition) is 2. The van der Waals surface area contributed by atoms with E-state index in [0.29, 0.717) is 10.9 Å². The van der Waals surface area contributed by atoms with Crippen LogP contribution in [0.25, 0.3) is 10.9 Å². The van der Waals surface area contributed by atoms with Crippen LogP contribution in [0.15, 0.2) is 27.5 Å². The van der Waals surface area contributed by atoms with Gasteiger partial charge in [0.15, 0.2) is 5.15 Å². The van der Waals surface area contributed by atoms with Gasteiger partial charge in [-0.25, -0.2) is 0 Å². The zero-order valence-corrected chi connectivity index (χ0v) is 8.69. The maximum atomic E-state index is 11.4. The summed E-state index contributed by atoms with van der Waals surface area (Å²) in [4.78, 5) is 11.4. The molecule has 0 aliphatic heterocycles. The highest BCUT2D eigenvalue weighted by Gasteiger charge is 2.03. The monoisotopic (exact) mass is 258 g/mol. The third-order valence-electron chi connectivity index (χ3n) is 1.69. The average Bonchev–Trinajstić information content (AvgIpc) is 2.12. The van der Waals surface area contributed by atoms with Gasteiger partial charge in [0.05, 0.1) is 10.9 Å². The highest BCUT2D eigenvalue weighted by molar-refractivity contribution is 9.10. The molecule has 0 saturated carbocycles. The van der Waals surface area contributed by atoms with E-state index < -0.39 is 0 Å². The number of fused-ring (bicyclic) bond motifs is 1. The zero-order chi connectivity index (χ0) is 9.42. The van der Waals surface area contributed by atoms with Gasteiger partial charge in [-0.1, -0.05) is 27.5 Å². The highest BCUT2D eigenvalue weighted by atomic mass is 79.9. The number of halogens is 2. The van der Waals surface area contributed by atoms with Crippen molar-refractivity contribution in [2.45, 2.75) is 0 Å². The smallest absolute Gasteiger partial charge is 0.226 e. The number of aromatic nitrogens is 2. The third-order valence-corrected chi connectivity index (χ3v) is 2.44. The van der Waals surface area contributed by atoms with Crippen molar-refractivity contribution < 1.29 is 0 Å². The van der Waals surface area contributed by atoms with Gasteiger partial charge in [-0.05, 0) is 18.2 Å². The van der Waals surface area contributed by atoms with Gasteiger partial charge in [0.2, 0.25) is 5.43 Å². The summed E-state index contributed by atoms with van der Waals surface area (Å²) in [7, 11) is 0. The molecule has 3 nitrogen and oxygen atoms in total. The Balaban J connectivity index is 2.95. The summed E-state index contributed by atoms with van der Waals surface area (Å²) in [6.45, 7) is 0. The van der Waals surface area contributed by atoms with Crippen LogP contribution >= 0.6 is 27.5 Å². The summed E-state index contributed by atoms with van der Waals surface area (Å²) < 4.78 is 0.889. The fourth-order valence-electron chi connectivity index (χ4n) is 1.08. The second-order valence-electron chi connectivity index (χ2n) is 2.53. The normalized spacial score (nSPS) is 10.6. The summed E-state index contributed by atoms with van der Waals surface area (Å²) >= 11 is 8.85. The van der Waals surface area contributed by atoms with E-state index in [2.05, 4.69) is 26.1 Å². The van der Waals surface area contributed by atoms with Crippen molar-refractivity contribution in [3.8, 4) is 0 Å². The summed E-state index contributed by atoms with van der Waals surface area (Å²) in [5.41, 5.74) is 0.423. The Hall–Kier alpha value is -0.870. The number of benzene rings is 1. The van der Waals surface area contributed by atoms with Crippen LogP contribution < -0.4 is 5.43 Å². The van der Waals surface area contributed by atoms with E-state index in [9.17, 15) is 4.79 Å². The number of nitrogens with zero attached hydrogens (tertiary/aromatic N) is 1. The lowest BCUT2D eigenvalue weighted by Gasteiger charge is -1.97. The van der Waals surface area contributed by atoms with Crippen molar-refractivity contribution in [2.75, 3.05) is 0 Å². The molecule has 0 unspecified atom stereocenters. The third kappa shape index (κ3) is 1.47. The number of aromatic amines is 1. The Bertz CT molecular complexity index is 523. The number of H-pyrrole nitrogens is 1. The largest absolute Gasteiger partial charge is 0.286 e. The predicted molar refractivity (Wildman–Crippen MR) is 55.1 cm³/mol. The van der Waals surface area contributed by atoms with Crippen LogP contribution in [-0.2, 0) is 0 Å². The molecular formula is C8H4BrClN2O. The highest BCUT2D eigenvalue weighted by Crippen LogP contribution is 2.15. The van der Waals surface area contributed by atoms with E-state index in [1.807, 2.05) is 0 Å². The molecule has 0 saturated heterocycles. The number of rotatable bonds is 0. The molecule has 66 valence electrons. The van der Waals surface area contributed by atoms with E-state index in [1.54, 1.807) is 18.2 Å². The van der Waals surface area contributed by atoms with Crippen LogP contribution in [0.5, 0.6) is 0 Å². The van der Waals surface area contributed by atoms with Gasteiger partial charge in [-0.2, -0.15) is 5.10 Å². The van der Waals surface area contributed by atoms with Gasteiger partial charge >= 0.3 is 0 Å². The lowest BCUT2D eigenvalue weighted by molar-refractivity contribution is 1.06. The summed E-state index contributed by atoms with van der Waals surface area (Å²) in [5.74, 6) is 0. The van der Waals surface area contributed by atoms with Gasteiger partial charge in [0.1, 0.15) is 0 Å². The van der Waals surface area contributed by atoms with E-state index >= 15 is 0 Å². The zero-order valence-electron chi connectivity index (χ0n) is 6.34. The Labute approximate surface area is 86.9 Å². The fraction of sp³-hybridized carbons (Fsp3) is 0. The Morgan fingerprint density at radius 3 is 3.00 bits per heavy atom. The Morgan fingerprint density at radius 1 is 1.46 bits per heavy atom. The van der Waals surface area contributed by atoms with Crippen LogP contribution in [0.1, 0.15) is 0 Å². The van der Waals surface area contributed by atoms with Crippen LogP contribution in [0.2, 0.25) is 5.15 Å². The summed E-state index contributed by atoms with van der Waals surface area (Å²) in [6, 6.07) is 5.26. The van der Waals surface area contributed by atoms with Crippen LogP contribution in [0.4, 0.5) is 0 Å². The predicted octanol–water partition coefficient (Wildman–Crippen LogP) is 2.34. The summed E-state index contributed by atoms with van der Waals surface area (Å²) in [5, 5.41) is 6.86. The minimum atomic E-state index is -0.247. The van der Waals surface area contributed by atoms with Crippen molar-refractivity contribution in [3.63, 3.8) is 0 Å². The molecule has 5 heteroatoms. The minimum absolute atomic E-state index is 0.0326. The molecule has 0 spiro atoms. The van der Waals surface area contributed by atoms with Crippen molar-refractivity contribution in [1.82, 2.24) is 10.2 Å². The molecule has 2 aromatic rings. The van der Waals surface area contributed by atoms with Gasteiger partial charge < -0.3 is 0 Å². The molecule has 1 aromatic heterocycles. The van der Waals surface area contributed by atoms with Gasteiger partial charge in [0, 0.05) is 4.47 Å². The van der Waals surface area contributed by atoms with E-state index in [1.165, 1.54) is 0 Å².